The molecule has 166 valence electrons. The van der Waals surface area contributed by atoms with Crippen LogP contribution in [0.25, 0.3) is 0 Å². The number of fused-ring (bicyclic) bond motifs is 2. The van der Waals surface area contributed by atoms with Crippen LogP contribution in [0.1, 0.15) is 31.2 Å². The number of alkyl halides is 3. The lowest BCUT2D eigenvalue weighted by molar-refractivity contribution is -0.137. The number of nitrogens with zero attached hydrogens (tertiary/aromatic N) is 1. The summed E-state index contributed by atoms with van der Waals surface area (Å²) in [5.41, 5.74) is -1.19. The second-order valence-electron chi connectivity index (χ2n) is 8.22. The molecule has 1 N–H and O–H groups in total. The largest absolute Gasteiger partial charge is 0.416 e. The number of halogens is 3. The second-order valence-corrected chi connectivity index (χ2v) is 10.1. The van der Waals surface area contributed by atoms with E-state index in [0.717, 1.165) is 48.2 Å². The minimum absolute atomic E-state index is 0.00552. The van der Waals surface area contributed by atoms with Crippen molar-refractivity contribution in [1.29, 1.82) is 0 Å². The number of carbonyl (C=O) groups excluding carboxylic acids is 1. The molecule has 4 rings (SSSR count). The lowest BCUT2D eigenvalue weighted by atomic mass is 9.95. The molecule has 0 spiro atoms. The van der Waals surface area contributed by atoms with E-state index in [4.69, 9.17) is 0 Å². The second kappa shape index (κ2) is 8.18. The van der Waals surface area contributed by atoms with Crippen LogP contribution >= 0.6 is 0 Å². The van der Waals surface area contributed by atoms with E-state index in [1.807, 2.05) is 0 Å². The van der Waals surface area contributed by atoms with E-state index >= 15 is 0 Å². The Labute approximate surface area is 179 Å². The molecular weight excluding hydrogens is 429 g/mol. The Hall–Kier alpha value is -2.55. The summed E-state index contributed by atoms with van der Waals surface area (Å²) in [6, 6.07) is 11.4. The minimum Gasteiger partial charge on any atom is -0.352 e. The zero-order valence-corrected chi connectivity index (χ0v) is 17.5. The average molecular weight is 452 g/mol. The van der Waals surface area contributed by atoms with E-state index in [-0.39, 0.29) is 16.6 Å². The first-order valence-electron chi connectivity index (χ1n) is 10.2. The van der Waals surface area contributed by atoms with E-state index in [9.17, 15) is 26.4 Å². The van der Waals surface area contributed by atoms with Crippen LogP contribution in [0, 0.1) is 11.8 Å². The number of anilines is 1. The number of sulfonamides is 1. The lowest BCUT2D eigenvalue weighted by Crippen LogP contribution is -2.46. The highest BCUT2D eigenvalue weighted by Gasteiger charge is 2.40. The van der Waals surface area contributed by atoms with E-state index in [2.05, 4.69) is 5.32 Å². The van der Waals surface area contributed by atoms with Crippen LogP contribution in [-0.2, 0) is 21.0 Å². The third-order valence-corrected chi connectivity index (χ3v) is 7.95. The molecule has 1 amide bonds. The first kappa shape index (κ1) is 21.7. The van der Waals surface area contributed by atoms with Crippen LogP contribution in [0.4, 0.5) is 18.9 Å². The van der Waals surface area contributed by atoms with Gasteiger partial charge in [-0.1, -0.05) is 30.7 Å². The summed E-state index contributed by atoms with van der Waals surface area (Å²) in [7, 11) is -4.25. The molecule has 2 bridgehead atoms. The number of nitrogens with one attached hydrogen (secondary N) is 1. The molecule has 0 radical (unpaired) electrons. The third kappa shape index (κ3) is 4.56. The topological polar surface area (TPSA) is 66.5 Å². The standard InChI is InChI=1S/C22H23F3N2O3S/c23-22(24,25)17-5-4-6-18(13-17)27(31(29,30)19-7-2-1-3-8-19)14-21(28)26-20-12-15-9-10-16(20)11-15/h1-8,13,15-16,20H,9-12,14H2,(H,26,28)/t15-,16-,20-/m0/s1. The highest BCUT2D eigenvalue weighted by Crippen LogP contribution is 2.44. The highest BCUT2D eigenvalue weighted by atomic mass is 32.2. The molecule has 2 aromatic rings. The Bertz CT molecular complexity index is 1060. The summed E-state index contributed by atoms with van der Waals surface area (Å²) >= 11 is 0. The zero-order chi connectivity index (χ0) is 22.2. The first-order chi connectivity index (χ1) is 14.6. The molecule has 0 aromatic heterocycles. The molecule has 5 nitrogen and oxygen atoms in total. The number of amides is 1. The van der Waals surface area contributed by atoms with Gasteiger partial charge < -0.3 is 5.32 Å². The Morgan fingerprint density at radius 1 is 1.03 bits per heavy atom. The summed E-state index contributed by atoms with van der Waals surface area (Å²) in [6.45, 7) is -0.591. The van der Waals surface area contributed by atoms with E-state index < -0.39 is 34.2 Å². The van der Waals surface area contributed by atoms with Crippen molar-refractivity contribution in [3.63, 3.8) is 0 Å². The van der Waals surface area contributed by atoms with Gasteiger partial charge in [0.05, 0.1) is 16.1 Å². The molecule has 2 fully saturated rings. The van der Waals surface area contributed by atoms with Crippen LogP contribution in [0.15, 0.2) is 59.5 Å². The maximum absolute atomic E-state index is 13.3. The van der Waals surface area contributed by atoms with Crippen molar-refractivity contribution in [3.05, 3.63) is 60.2 Å². The maximum Gasteiger partial charge on any atom is 0.416 e. The quantitative estimate of drug-likeness (QED) is 0.714. The summed E-state index contributed by atoms with van der Waals surface area (Å²) in [5, 5.41) is 2.91. The minimum atomic E-state index is -4.64. The predicted octanol–water partition coefficient (Wildman–Crippen LogP) is 4.21. The van der Waals surface area contributed by atoms with Crippen LogP contribution < -0.4 is 9.62 Å². The van der Waals surface area contributed by atoms with Gasteiger partial charge in [-0.3, -0.25) is 9.10 Å². The molecule has 3 atom stereocenters. The summed E-state index contributed by atoms with van der Waals surface area (Å²) < 4.78 is 66.9. The fraction of sp³-hybridized carbons (Fsp3) is 0.409. The molecule has 9 heteroatoms. The van der Waals surface area contributed by atoms with E-state index in [1.165, 1.54) is 30.3 Å². The van der Waals surface area contributed by atoms with E-state index in [0.29, 0.717) is 11.8 Å². The molecule has 31 heavy (non-hydrogen) atoms. The molecular formula is C22H23F3N2O3S. The zero-order valence-electron chi connectivity index (χ0n) is 16.7. The molecule has 0 saturated heterocycles. The smallest absolute Gasteiger partial charge is 0.352 e. The molecule has 2 aliphatic carbocycles. The predicted molar refractivity (Wildman–Crippen MR) is 110 cm³/mol. The Balaban J connectivity index is 1.64. The molecule has 0 unspecified atom stereocenters. The summed E-state index contributed by atoms with van der Waals surface area (Å²) in [4.78, 5) is 12.7. The van der Waals surface area contributed by atoms with Crippen molar-refractivity contribution in [3.8, 4) is 0 Å². The van der Waals surface area contributed by atoms with Gasteiger partial charge in [0.15, 0.2) is 0 Å². The molecule has 2 aromatic carbocycles. The van der Waals surface area contributed by atoms with Crippen molar-refractivity contribution in [2.45, 2.75) is 42.8 Å². The monoisotopic (exact) mass is 452 g/mol. The van der Waals surface area contributed by atoms with Crippen LogP contribution in [-0.4, -0.2) is 26.9 Å². The number of hydrogen-bond acceptors (Lipinski definition) is 3. The third-order valence-electron chi connectivity index (χ3n) is 6.16. The fourth-order valence-corrected chi connectivity index (χ4v) is 6.11. The SMILES string of the molecule is O=C(CN(c1cccc(C(F)(F)F)c1)S(=O)(=O)c1ccccc1)N[C@H]1C[C@H]2CC[C@H]1C2. The van der Waals surface area contributed by atoms with Gasteiger partial charge in [0.1, 0.15) is 6.54 Å². The van der Waals surface area contributed by atoms with Gasteiger partial charge in [-0.05, 0) is 61.4 Å². The van der Waals surface area contributed by atoms with Gasteiger partial charge >= 0.3 is 6.18 Å². The number of carbonyl (C=O) groups is 1. The normalized spacial score (nSPS) is 23.0. The van der Waals surface area contributed by atoms with Gasteiger partial charge in [0, 0.05) is 6.04 Å². The Morgan fingerprint density at radius 2 is 1.77 bits per heavy atom. The molecule has 0 heterocycles. The van der Waals surface area contributed by atoms with Crippen LogP contribution in [0.2, 0.25) is 0 Å². The number of rotatable bonds is 6. The first-order valence-corrected chi connectivity index (χ1v) is 11.6. The summed E-state index contributed by atoms with van der Waals surface area (Å²) in [6.07, 6.45) is -0.523. The molecule has 2 saturated carbocycles. The van der Waals surface area contributed by atoms with Crippen molar-refractivity contribution in [2.24, 2.45) is 11.8 Å². The van der Waals surface area contributed by atoms with Crippen molar-refractivity contribution in [2.75, 3.05) is 10.8 Å². The van der Waals surface area contributed by atoms with Gasteiger partial charge in [0.25, 0.3) is 10.0 Å². The fourth-order valence-electron chi connectivity index (χ4n) is 4.68. The van der Waals surface area contributed by atoms with Gasteiger partial charge in [-0.15, -0.1) is 0 Å². The van der Waals surface area contributed by atoms with E-state index in [1.54, 1.807) is 6.07 Å². The lowest BCUT2D eigenvalue weighted by Gasteiger charge is -2.27. The van der Waals surface area contributed by atoms with Crippen molar-refractivity contribution >= 4 is 21.6 Å². The number of benzene rings is 2. The van der Waals surface area contributed by atoms with Crippen molar-refractivity contribution < 1.29 is 26.4 Å². The van der Waals surface area contributed by atoms with Crippen molar-refractivity contribution in [1.82, 2.24) is 5.32 Å². The van der Waals surface area contributed by atoms with Gasteiger partial charge in [-0.2, -0.15) is 13.2 Å². The number of hydrogen-bond donors (Lipinski definition) is 1. The maximum atomic E-state index is 13.3. The Kier molecular flexibility index (Phi) is 5.72. The highest BCUT2D eigenvalue weighted by molar-refractivity contribution is 7.92. The molecule has 0 aliphatic heterocycles. The van der Waals surface area contributed by atoms with Gasteiger partial charge in [0.2, 0.25) is 5.91 Å². The van der Waals surface area contributed by atoms with Crippen LogP contribution in [0.5, 0.6) is 0 Å². The average Bonchev–Trinajstić information content (AvgIpc) is 3.35. The Morgan fingerprint density at radius 3 is 2.39 bits per heavy atom. The summed E-state index contributed by atoms with van der Waals surface area (Å²) in [5.74, 6) is 0.457. The van der Waals surface area contributed by atoms with Gasteiger partial charge in [-0.25, -0.2) is 8.42 Å². The molecule has 2 aliphatic rings. The van der Waals surface area contributed by atoms with Crippen LogP contribution in [0.3, 0.4) is 0 Å².